The molecule has 5 rings (SSSR count). The standard InChI is InChI=1S/C24H26N6O2S/c1-28-13-15-29(16-14-28)20-7-5-19(6-8-20)26-24-25-17-21-9-12-23(30(21)27-24)18-3-10-22(11-4-18)33(2,31)32/h3-12,17H,13-16H2,1-2H3,(H,26,27). The first kappa shape index (κ1) is 21.4. The molecule has 1 aliphatic rings. The lowest BCUT2D eigenvalue weighted by Gasteiger charge is -2.34. The Hall–Kier alpha value is -3.43. The summed E-state index contributed by atoms with van der Waals surface area (Å²) in [6.07, 6.45) is 2.97. The third kappa shape index (κ3) is 4.55. The molecule has 0 bridgehead atoms. The van der Waals surface area contributed by atoms with Gasteiger partial charge in [0.1, 0.15) is 0 Å². The van der Waals surface area contributed by atoms with Gasteiger partial charge in [0.25, 0.3) is 0 Å². The number of sulfone groups is 1. The first-order valence-corrected chi connectivity index (χ1v) is 12.7. The first-order chi connectivity index (χ1) is 15.9. The summed E-state index contributed by atoms with van der Waals surface area (Å²) in [6.45, 7) is 4.21. The van der Waals surface area contributed by atoms with Gasteiger partial charge in [-0.2, -0.15) is 0 Å². The van der Waals surface area contributed by atoms with Gasteiger partial charge in [-0.15, -0.1) is 5.10 Å². The second-order valence-electron chi connectivity index (χ2n) is 8.40. The van der Waals surface area contributed by atoms with Crippen LogP contribution in [0, 0.1) is 0 Å². The zero-order valence-corrected chi connectivity index (χ0v) is 19.5. The van der Waals surface area contributed by atoms with E-state index in [0.29, 0.717) is 10.8 Å². The van der Waals surface area contributed by atoms with Crippen molar-refractivity contribution in [3.63, 3.8) is 0 Å². The Kier molecular flexibility index (Phi) is 5.51. The zero-order valence-electron chi connectivity index (χ0n) is 18.6. The molecule has 0 radical (unpaired) electrons. The van der Waals surface area contributed by atoms with Gasteiger partial charge in [-0.25, -0.2) is 17.9 Å². The van der Waals surface area contributed by atoms with Gasteiger partial charge < -0.3 is 15.1 Å². The molecule has 170 valence electrons. The summed E-state index contributed by atoms with van der Waals surface area (Å²) in [5, 5.41) is 7.94. The van der Waals surface area contributed by atoms with Crippen molar-refractivity contribution in [2.75, 3.05) is 49.7 Å². The molecule has 1 aliphatic heterocycles. The van der Waals surface area contributed by atoms with Crippen molar-refractivity contribution in [3.05, 3.63) is 66.9 Å². The molecule has 0 amide bonds. The van der Waals surface area contributed by atoms with Gasteiger partial charge in [0.2, 0.25) is 5.95 Å². The van der Waals surface area contributed by atoms with Gasteiger partial charge in [0.05, 0.1) is 22.3 Å². The number of likely N-dealkylation sites (N-methyl/N-ethyl adjacent to an activating group) is 1. The third-order valence-electron chi connectivity index (χ3n) is 5.97. The van der Waals surface area contributed by atoms with Crippen molar-refractivity contribution in [3.8, 4) is 11.3 Å². The van der Waals surface area contributed by atoms with Crippen molar-refractivity contribution >= 4 is 32.7 Å². The van der Waals surface area contributed by atoms with Crippen molar-refractivity contribution < 1.29 is 8.42 Å². The highest BCUT2D eigenvalue weighted by Crippen LogP contribution is 2.25. The van der Waals surface area contributed by atoms with E-state index in [9.17, 15) is 8.42 Å². The zero-order chi connectivity index (χ0) is 23.0. The maximum Gasteiger partial charge on any atom is 0.245 e. The number of benzene rings is 2. The van der Waals surface area contributed by atoms with Crippen molar-refractivity contribution in [2.24, 2.45) is 0 Å². The van der Waals surface area contributed by atoms with Gasteiger partial charge in [0.15, 0.2) is 9.84 Å². The molecule has 0 saturated carbocycles. The maximum absolute atomic E-state index is 11.7. The second kappa shape index (κ2) is 8.49. The molecule has 2 aromatic heterocycles. The lowest BCUT2D eigenvalue weighted by molar-refractivity contribution is 0.313. The number of nitrogens with one attached hydrogen (secondary N) is 1. The van der Waals surface area contributed by atoms with Crippen LogP contribution in [0.15, 0.2) is 71.8 Å². The molecule has 1 saturated heterocycles. The van der Waals surface area contributed by atoms with E-state index in [1.165, 1.54) is 11.9 Å². The molecule has 4 aromatic rings. The lowest BCUT2D eigenvalue weighted by Crippen LogP contribution is -2.44. The summed E-state index contributed by atoms with van der Waals surface area (Å²) in [7, 11) is -1.08. The Labute approximate surface area is 193 Å². The molecule has 0 aliphatic carbocycles. The van der Waals surface area contributed by atoms with E-state index in [0.717, 1.165) is 48.6 Å². The minimum atomic E-state index is -3.23. The van der Waals surface area contributed by atoms with Crippen LogP contribution in [0.5, 0.6) is 0 Å². The third-order valence-corrected chi connectivity index (χ3v) is 7.10. The molecular formula is C24H26N6O2S. The molecule has 33 heavy (non-hydrogen) atoms. The molecule has 2 aromatic carbocycles. The summed E-state index contributed by atoms with van der Waals surface area (Å²) in [6, 6.07) is 19.0. The maximum atomic E-state index is 11.7. The Balaban J connectivity index is 1.36. The van der Waals surface area contributed by atoms with Crippen LogP contribution in [-0.4, -0.2) is 67.4 Å². The molecule has 0 unspecified atom stereocenters. The van der Waals surface area contributed by atoms with Gasteiger partial charge in [-0.05, 0) is 55.6 Å². The molecule has 3 heterocycles. The van der Waals surface area contributed by atoms with E-state index in [2.05, 4.69) is 44.4 Å². The molecule has 8 nitrogen and oxygen atoms in total. The summed E-state index contributed by atoms with van der Waals surface area (Å²) < 4.78 is 25.3. The van der Waals surface area contributed by atoms with Crippen LogP contribution in [0.1, 0.15) is 0 Å². The highest BCUT2D eigenvalue weighted by Gasteiger charge is 2.14. The predicted molar refractivity (Wildman–Crippen MR) is 131 cm³/mol. The molecule has 1 N–H and O–H groups in total. The topological polar surface area (TPSA) is 82.8 Å². The van der Waals surface area contributed by atoms with Crippen LogP contribution in [0.3, 0.4) is 0 Å². The van der Waals surface area contributed by atoms with Gasteiger partial charge in [-0.1, -0.05) is 12.1 Å². The fraction of sp³-hybridized carbons (Fsp3) is 0.250. The Morgan fingerprint density at radius 1 is 0.879 bits per heavy atom. The minimum absolute atomic E-state index is 0.295. The number of hydrogen-bond donors (Lipinski definition) is 1. The number of anilines is 3. The van der Waals surface area contributed by atoms with Crippen LogP contribution < -0.4 is 10.2 Å². The Morgan fingerprint density at radius 2 is 1.58 bits per heavy atom. The van der Waals surface area contributed by atoms with E-state index in [4.69, 9.17) is 0 Å². The fourth-order valence-electron chi connectivity index (χ4n) is 4.00. The quantitative estimate of drug-likeness (QED) is 0.487. The monoisotopic (exact) mass is 462 g/mol. The van der Waals surface area contributed by atoms with Gasteiger partial charge in [-0.3, -0.25) is 0 Å². The van der Waals surface area contributed by atoms with Crippen LogP contribution in [0.25, 0.3) is 16.8 Å². The number of piperazine rings is 1. The minimum Gasteiger partial charge on any atom is -0.369 e. The van der Waals surface area contributed by atoms with Crippen molar-refractivity contribution in [1.82, 2.24) is 19.5 Å². The molecule has 0 atom stereocenters. The SMILES string of the molecule is CN1CCN(c2ccc(Nc3ncc4ccc(-c5ccc(S(C)(=O)=O)cc5)n4n3)cc2)CC1. The van der Waals surface area contributed by atoms with Crippen LogP contribution in [-0.2, 0) is 9.84 Å². The Bertz CT molecular complexity index is 1370. The molecule has 0 spiro atoms. The number of hydrogen-bond acceptors (Lipinski definition) is 7. The molecule has 9 heteroatoms. The number of fused-ring (bicyclic) bond motifs is 1. The summed E-state index contributed by atoms with van der Waals surface area (Å²) >= 11 is 0. The molecule has 1 fully saturated rings. The van der Waals surface area contributed by atoms with E-state index < -0.39 is 9.84 Å². The largest absolute Gasteiger partial charge is 0.369 e. The summed E-state index contributed by atoms with van der Waals surface area (Å²) in [5.41, 5.74) is 4.73. The number of aromatic nitrogens is 3. The Morgan fingerprint density at radius 3 is 2.24 bits per heavy atom. The van der Waals surface area contributed by atoms with Crippen molar-refractivity contribution in [1.29, 1.82) is 0 Å². The predicted octanol–water partition coefficient (Wildman–Crippen LogP) is 3.30. The smallest absolute Gasteiger partial charge is 0.245 e. The second-order valence-corrected chi connectivity index (χ2v) is 10.4. The van der Waals surface area contributed by atoms with E-state index in [1.54, 1.807) is 30.5 Å². The van der Waals surface area contributed by atoms with Crippen LogP contribution in [0.4, 0.5) is 17.3 Å². The van der Waals surface area contributed by atoms with Gasteiger partial charge in [0, 0.05) is 49.4 Å². The van der Waals surface area contributed by atoms with E-state index >= 15 is 0 Å². The highest BCUT2D eigenvalue weighted by molar-refractivity contribution is 7.90. The van der Waals surface area contributed by atoms with Crippen LogP contribution in [0.2, 0.25) is 0 Å². The van der Waals surface area contributed by atoms with Gasteiger partial charge >= 0.3 is 0 Å². The highest BCUT2D eigenvalue weighted by atomic mass is 32.2. The summed E-state index contributed by atoms with van der Waals surface area (Å²) in [5.74, 6) is 0.486. The number of rotatable bonds is 5. The average Bonchev–Trinajstić information content (AvgIpc) is 3.23. The van der Waals surface area contributed by atoms with Crippen molar-refractivity contribution in [2.45, 2.75) is 4.90 Å². The first-order valence-electron chi connectivity index (χ1n) is 10.8. The average molecular weight is 463 g/mol. The van der Waals surface area contributed by atoms with Crippen LogP contribution >= 0.6 is 0 Å². The molecular weight excluding hydrogens is 436 g/mol. The lowest BCUT2D eigenvalue weighted by atomic mass is 10.2. The summed E-state index contributed by atoms with van der Waals surface area (Å²) in [4.78, 5) is 9.47. The van der Waals surface area contributed by atoms with E-state index in [1.807, 2.05) is 28.8 Å². The number of nitrogens with zero attached hydrogens (tertiary/aromatic N) is 5. The normalized spacial score (nSPS) is 15.2. The van der Waals surface area contributed by atoms with E-state index in [-0.39, 0.29) is 0 Å². The fourth-order valence-corrected chi connectivity index (χ4v) is 4.63.